The number of nitrogens with zero attached hydrogens (tertiary/aromatic N) is 1. The van der Waals surface area contributed by atoms with Crippen molar-refractivity contribution >= 4 is 0 Å². The van der Waals surface area contributed by atoms with Crippen molar-refractivity contribution < 1.29 is 19.7 Å². The second-order valence-electron chi connectivity index (χ2n) is 12.2. The van der Waals surface area contributed by atoms with Crippen molar-refractivity contribution in [1.82, 2.24) is 4.90 Å². The highest BCUT2D eigenvalue weighted by Gasteiger charge is 2.20. The highest BCUT2D eigenvalue weighted by Crippen LogP contribution is 2.17. The maximum Gasteiger partial charge on any atom is 0.0701 e. The summed E-state index contributed by atoms with van der Waals surface area (Å²) in [6.45, 7) is 11.4. The van der Waals surface area contributed by atoms with Gasteiger partial charge in [-0.05, 0) is 18.8 Å². The van der Waals surface area contributed by atoms with Crippen molar-refractivity contribution in [2.24, 2.45) is 11.7 Å². The highest BCUT2D eigenvalue weighted by atomic mass is 16.5. The van der Waals surface area contributed by atoms with Crippen molar-refractivity contribution in [1.29, 1.82) is 0 Å². The fourth-order valence-electron chi connectivity index (χ4n) is 5.35. The van der Waals surface area contributed by atoms with Crippen LogP contribution in [0, 0.1) is 5.92 Å². The molecule has 0 saturated heterocycles. The monoisotopic (exact) mass is 573 g/mol. The van der Waals surface area contributed by atoms with Crippen LogP contribution in [0.4, 0.5) is 0 Å². The van der Waals surface area contributed by atoms with Crippen LogP contribution in [0.1, 0.15) is 149 Å². The molecule has 0 amide bonds. The Bertz CT molecular complexity index is 483. The zero-order valence-electron chi connectivity index (χ0n) is 27.3. The number of unbranched alkanes of at least 4 members (excludes halogenated alkanes) is 16. The van der Waals surface area contributed by atoms with Gasteiger partial charge in [-0.3, -0.25) is 4.90 Å². The highest BCUT2D eigenvalue weighted by molar-refractivity contribution is 4.73. The third-order valence-electron chi connectivity index (χ3n) is 8.16. The molecule has 6 heteroatoms. The third kappa shape index (κ3) is 27.9. The van der Waals surface area contributed by atoms with Crippen molar-refractivity contribution in [3.05, 3.63) is 0 Å². The molecule has 40 heavy (non-hydrogen) atoms. The number of rotatable bonds is 33. The minimum Gasteiger partial charge on any atom is -0.392 e. The van der Waals surface area contributed by atoms with Gasteiger partial charge in [0.15, 0.2) is 0 Å². The van der Waals surface area contributed by atoms with Gasteiger partial charge < -0.3 is 25.4 Å². The zero-order valence-corrected chi connectivity index (χ0v) is 27.3. The van der Waals surface area contributed by atoms with Crippen LogP contribution in [0.2, 0.25) is 0 Å². The topological polar surface area (TPSA) is 88.2 Å². The van der Waals surface area contributed by atoms with Crippen LogP contribution in [0.3, 0.4) is 0 Å². The van der Waals surface area contributed by atoms with Crippen LogP contribution in [0.15, 0.2) is 0 Å². The van der Waals surface area contributed by atoms with E-state index in [1.165, 1.54) is 109 Å². The minimum absolute atomic E-state index is 0.271. The molecule has 0 aliphatic carbocycles. The zero-order chi connectivity index (χ0) is 29.5. The standard InChI is InChI=1S/C34H72N2O4/c1-4-6-8-10-12-14-15-17-19-21-23-33(37)30-36(25-27-40-29-28-39-26-24-35)31-34(38)32(3)22-20-18-16-13-11-9-7-5-2/h32-34,37-38H,4-31,35H2,1-3H3. The maximum absolute atomic E-state index is 11.0. The molecule has 0 aromatic heterocycles. The van der Waals surface area contributed by atoms with E-state index in [1.54, 1.807) is 0 Å². The summed E-state index contributed by atoms with van der Waals surface area (Å²) in [6.07, 6.45) is 24.8. The number of hydrogen-bond acceptors (Lipinski definition) is 6. The molecule has 0 aromatic carbocycles. The molecule has 0 aromatic rings. The van der Waals surface area contributed by atoms with E-state index < -0.39 is 0 Å². The SMILES string of the molecule is CCCCCCCCCCCCC(O)CN(CCOCCOCCN)CC(O)C(C)CCCCCCCCCC. The normalized spacial score (nSPS) is 14.2. The molecule has 0 saturated carbocycles. The first-order valence-electron chi connectivity index (χ1n) is 17.5. The Morgan fingerprint density at radius 3 is 1.52 bits per heavy atom. The van der Waals surface area contributed by atoms with Crippen LogP contribution in [0.5, 0.6) is 0 Å². The molecule has 0 fully saturated rings. The smallest absolute Gasteiger partial charge is 0.0701 e. The van der Waals surface area contributed by atoms with Gasteiger partial charge in [0.05, 0.1) is 38.6 Å². The number of ether oxygens (including phenoxy) is 2. The Labute approximate surface area is 250 Å². The molecule has 3 atom stereocenters. The van der Waals surface area contributed by atoms with Crippen LogP contribution < -0.4 is 5.73 Å². The molecule has 0 heterocycles. The lowest BCUT2D eigenvalue weighted by Gasteiger charge is -2.29. The fraction of sp³-hybridized carbons (Fsp3) is 1.00. The van der Waals surface area contributed by atoms with Gasteiger partial charge in [0.25, 0.3) is 0 Å². The number of nitrogens with two attached hydrogens (primary N) is 1. The Morgan fingerprint density at radius 2 is 1.02 bits per heavy atom. The first kappa shape index (κ1) is 39.8. The summed E-state index contributed by atoms with van der Waals surface area (Å²) >= 11 is 0. The average molecular weight is 573 g/mol. The lowest BCUT2D eigenvalue weighted by molar-refractivity contribution is 0.0111. The summed E-state index contributed by atoms with van der Waals surface area (Å²) in [5, 5.41) is 21.7. The van der Waals surface area contributed by atoms with Crippen LogP contribution in [0.25, 0.3) is 0 Å². The summed E-state index contributed by atoms with van der Waals surface area (Å²) in [7, 11) is 0. The van der Waals surface area contributed by atoms with E-state index in [9.17, 15) is 10.2 Å². The quantitative estimate of drug-likeness (QED) is 0.0707. The summed E-state index contributed by atoms with van der Waals surface area (Å²) < 4.78 is 11.1. The number of aliphatic hydroxyl groups is 2. The van der Waals surface area contributed by atoms with Gasteiger partial charge in [0, 0.05) is 26.2 Å². The van der Waals surface area contributed by atoms with Gasteiger partial charge in [-0.2, -0.15) is 0 Å². The average Bonchev–Trinajstić information content (AvgIpc) is 2.94. The van der Waals surface area contributed by atoms with E-state index in [2.05, 4.69) is 25.7 Å². The number of aliphatic hydroxyl groups excluding tert-OH is 2. The first-order chi connectivity index (χ1) is 19.5. The summed E-state index contributed by atoms with van der Waals surface area (Å²) in [5.41, 5.74) is 5.46. The van der Waals surface area contributed by atoms with E-state index in [4.69, 9.17) is 15.2 Å². The molecule has 0 spiro atoms. The molecular formula is C34H72N2O4. The van der Waals surface area contributed by atoms with Crippen LogP contribution in [-0.2, 0) is 9.47 Å². The van der Waals surface area contributed by atoms with Crippen molar-refractivity contribution in [3.63, 3.8) is 0 Å². The predicted molar refractivity (Wildman–Crippen MR) is 172 cm³/mol. The lowest BCUT2D eigenvalue weighted by Crippen LogP contribution is -2.42. The van der Waals surface area contributed by atoms with E-state index >= 15 is 0 Å². The molecule has 6 nitrogen and oxygen atoms in total. The second-order valence-corrected chi connectivity index (χ2v) is 12.2. The minimum atomic E-state index is -0.373. The number of hydrogen-bond donors (Lipinski definition) is 3. The largest absolute Gasteiger partial charge is 0.392 e. The van der Waals surface area contributed by atoms with Gasteiger partial charge in [-0.25, -0.2) is 0 Å². The molecule has 0 aliphatic heterocycles. The van der Waals surface area contributed by atoms with Gasteiger partial charge in [0.1, 0.15) is 0 Å². The second kappa shape index (κ2) is 31.7. The van der Waals surface area contributed by atoms with E-state index in [1.807, 2.05) is 0 Å². The molecule has 0 radical (unpaired) electrons. The van der Waals surface area contributed by atoms with Crippen LogP contribution in [-0.4, -0.2) is 79.9 Å². The van der Waals surface area contributed by atoms with Crippen molar-refractivity contribution in [2.75, 3.05) is 52.6 Å². The molecular weight excluding hydrogens is 500 g/mol. The van der Waals surface area contributed by atoms with E-state index in [-0.39, 0.29) is 18.1 Å². The van der Waals surface area contributed by atoms with Crippen molar-refractivity contribution in [3.8, 4) is 0 Å². The van der Waals surface area contributed by atoms with Gasteiger partial charge in [-0.1, -0.05) is 136 Å². The molecule has 0 aliphatic rings. The molecule has 0 bridgehead atoms. The summed E-state index contributed by atoms with van der Waals surface area (Å²) in [5.74, 6) is 0.271. The third-order valence-corrected chi connectivity index (χ3v) is 8.16. The summed E-state index contributed by atoms with van der Waals surface area (Å²) in [6, 6.07) is 0. The maximum atomic E-state index is 11.0. The van der Waals surface area contributed by atoms with Crippen LogP contribution >= 0.6 is 0 Å². The Morgan fingerprint density at radius 1 is 0.575 bits per heavy atom. The molecule has 0 rings (SSSR count). The molecule has 3 unspecified atom stereocenters. The Balaban J connectivity index is 4.29. The van der Waals surface area contributed by atoms with Crippen molar-refractivity contribution in [2.45, 2.75) is 161 Å². The Kier molecular flexibility index (Phi) is 31.5. The molecule has 4 N–H and O–H groups in total. The first-order valence-corrected chi connectivity index (χ1v) is 17.5. The van der Waals surface area contributed by atoms with E-state index in [0.29, 0.717) is 52.6 Å². The van der Waals surface area contributed by atoms with Gasteiger partial charge in [0.2, 0.25) is 0 Å². The van der Waals surface area contributed by atoms with Gasteiger partial charge >= 0.3 is 0 Å². The lowest BCUT2D eigenvalue weighted by atomic mass is 9.96. The summed E-state index contributed by atoms with van der Waals surface area (Å²) in [4.78, 5) is 2.20. The Hall–Kier alpha value is -0.240. The predicted octanol–water partition coefficient (Wildman–Crippen LogP) is 7.48. The molecule has 242 valence electrons. The van der Waals surface area contributed by atoms with E-state index in [0.717, 1.165) is 19.3 Å². The van der Waals surface area contributed by atoms with Gasteiger partial charge in [-0.15, -0.1) is 0 Å². The fourth-order valence-corrected chi connectivity index (χ4v) is 5.35.